The Balaban J connectivity index is 1.91. The molecule has 0 radical (unpaired) electrons. The van der Waals surface area contributed by atoms with Crippen molar-refractivity contribution in [2.45, 2.75) is 71.4 Å². The molecule has 1 N–H and O–H groups in total. The van der Waals surface area contributed by atoms with Gasteiger partial charge in [0.15, 0.2) is 17.2 Å². The van der Waals surface area contributed by atoms with Gasteiger partial charge in [-0.3, -0.25) is 19.0 Å². The summed E-state index contributed by atoms with van der Waals surface area (Å²) in [5.41, 5.74) is 1.68. The van der Waals surface area contributed by atoms with Crippen molar-refractivity contribution in [3.63, 3.8) is 0 Å². The zero-order chi connectivity index (χ0) is 25.3. The average Bonchev–Trinajstić information content (AvgIpc) is 2.93. The quantitative estimate of drug-likeness (QED) is 0.528. The maximum atomic E-state index is 13.9. The Labute approximate surface area is 203 Å². The maximum Gasteiger partial charge on any atom is 0.272 e. The number of ketones is 1. The molecule has 0 saturated heterocycles. The lowest BCUT2D eigenvalue weighted by molar-refractivity contribution is -0.120. The molecule has 1 fully saturated rings. The van der Waals surface area contributed by atoms with Crippen LogP contribution in [0.15, 0.2) is 35.1 Å². The number of nitrogens with one attached hydrogen (secondary N) is 1. The number of fused-ring (bicyclic) bond motifs is 1. The Morgan fingerprint density at radius 3 is 2.54 bits per heavy atom. The number of pyridine rings is 1. The molecule has 2 heterocycles. The molecular formula is C27H32FN3O4. The number of hydrogen-bond acceptors (Lipinski definition) is 4. The van der Waals surface area contributed by atoms with Gasteiger partial charge < -0.3 is 14.6 Å². The van der Waals surface area contributed by atoms with Crippen molar-refractivity contribution in [3.8, 4) is 11.4 Å². The first kappa shape index (κ1) is 24.7. The number of carbonyl (C=O) groups is 2. The minimum absolute atomic E-state index is 0.0351. The number of hydrogen-bond donors (Lipinski definition) is 1. The monoisotopic (exact) mass is 481 g/mol. The number of aryl methyl sites for hydroxylation is 2. The van der Waals surface area contributed by atoms with E-state index in [1.807, 2.05) is 26.8 Å². The molecule has 1 amide bonds. The Morgan fingerprint density at radius 2 is 1.89 bits per heavy atom. The average molecular weight is 482 g/mol. The van der Waals surface area contributed by atoms with E-state index in [0.717, 1.165) is 25.0 Å². The van der Waals surface area contributed by atoms with E-state index in [1.165, 1.54) is 16.7 Å². The number of rotatable bonds is 6. The second-order valence-electron chi connectivity index (χ2n) is 9.36. The van der Waals surface area contributed by atoms with Gasteiger partial charge in [0.05, 0.1) is 17.7 Å². The van der Waals surface area contributed by atoms with E-state index < -0.39 is 17.8 Å². The van der Waals surface area contributed by atoms with Crippen LogP contribution in [0, 0.1) is 5.82 Å². The fraction of sp³-hybridized carbons (Fsp3) is 0.444. The first-order chi connectivity index (χ1) is 16.7. The highest BCUT2D eigenvalue weighted by atomic mass is 19.1. The molecule has 1 aliphatic rings. The van der Waals surface area contributed by atoms with Crippen molar-refractivity contribution in [2.24, 2.45) is 7.05 Å². The summed E-state index contributed by atoms with van der Waals surface area (Å²) in [6.07, 6.45) is 4.00. The molecule has 186 valence electrons. The fourth-order valence-corrected chi connectivity index (χ4v) is 4.79. The van der Waals surface area contributed by atoms with Crippen molar-refractivity contribution in [2.75, 3.05) is 0 Å². The summed E-state index contributed by atoms with van der Waals surface area (Å²) in [5.74, 6) is -0.602. The summed E-state index contributed by atoms with van der Waals surface area (Å²) >= 11 is 0. The van der Waals surface area contributed by atoms with Crippen molar-refractivity contribution in [1.29, 1.82) is 0 Å². The number of Topliss-reactive ketones (excluding diaryl/α,β-unsaturated/α-hetero) is 1. The third-order valence-electron chi connectivity index (χ3n) is 6.53. The standard InChI is InChI=1S/C27H32FN3O4/c1-5-18-15-21-23(27(34)31(18)19-13-11-17(28)12-14-19)25(35-16(2)3)24(30(21)4)26(33)29-20-9-7-6-8-10-22(20)32/h11-16,20H,5-10H2,1-4H3,(H,29,33). The van der Waals surface area contributed by atoms with Crippen LogP contribution in [0.2, 0.25) is 0 Å². The van der Waals surface area contributed by atoms with E-state index in [4.69, 9.17) is 4.74 Å². The molecule has 1 aliphatic carbocycles. The topological polar surface area (TPSA) is 82.3 Å². The van der Waals surface area contributed by atoms with Gasteiger partial charge in [-0.2, -0.15) is 0 Å². The lowest BCUT2D eigenvalue weighted by Crippen LogP contribution is -2.41. The van der Waals surface area contributed by atoms with E-state index in [0.29, 0.717) is 30.5 Å². The highest BCUT2D eigenvalue weighted by Crippen LogP contribution is 2.33. The number of carbonyl (C=O) groups excluding carboxylic acids is 2. The minimum Gasteiger partial charge on any atom is -0.488 e. The van der Waals surface area contributed by atoms with Crippen molar-refractivity contribution in [1.82, 2.24) is 14.5 Å². The van der Waals surface area contributed by atoms with Crippen molar-refractivity contribution < 1.29 is 18.7 Å². The lowest BCUT2D eigenvalue weighted by atomic mass is 10.1. The van der Waals surface area contributed by atoms with Crippen molar-refractivity contribution in [3.05, 3.63) is 57.9 Å². The molecule has 1 saturated carbocycles. The van der Waals surface area contributed by atoms with Crippen LogP contribution in [0.25, 0.3) is 16.6 Å². The molecule has 1 aromatic carbocycles. The van der Waals surface area contributed by atoms with E-state index in [2.05, 4.69) is 5.32 Å². The van der Waals surface area contributed by atoms with E-state index >= 15 is 0 Å². The third-order valence-corrected chi connectivity index (χ3v) is 6.53. The highest BCUT2D eigenvalue weighted by Gasteiger charge is 2.30. The highest BCUT2D eigenvalue weighted by molar-refractivity contribution is 6.05. The number of aromatic nitrogens is 2. The number of amides is 1. The third kappa shape index (κ3) is 4.74. The number of benzene rings is 1. The van der Waals surface area contributed by atoms with E-state index in [9.17, 15) is 18.8 Å². The van der Waals surface area contributed by atoms with Crippen LogP contribution < -0.4 is 15.6 Å². The largest absolute Gasteiger partial charge is 0.488 e. The van der Waals surface area contributed by atoms with Gasteiger partial charge in [-0.05, 0) is 63.4 Å². The SMILES string of the molecule is CCc1cc2c(c(OC(C)C)c(C(=O)NC3CCCCCC3=O)n2C)c(=O)n1-c1ccc(F)cc1. The molecule has 1 atom stereocenters. The predicted molar refractivity (Wildman–Crippen MR) is 133 cm³/mol. The summed E-state index contributed by atoms with van der Waals surface area (Å²) in [4.78, 5) is 39.9. The molecular weight excluding hydrogens is 449 g/mol. The second kappa shape index (κ2) is 10.1. The molecule has 4 rings (SSSR count). The van der Waals surface area contributed by atoms with Gasteiger partial charge in [-0.25, -0.2) is 4.39 Å². The summed E-state index contributed by atoms with van der Waals surface area (Å²) < 4.78 is 22.8. The van der Waals surface area contributed by atoms with Gasteiger partial charge >= 0.3 is 0 Å². The molecule has 0 spiro atoms. The summed E-state index contributed by atoms with van der Waals surface area (Å²) in [7, 11) is 1.72. The zero-order valence-electron chi connectivity index (χ0n) is 20.7. The van der Waals surface area contributed by atoms with Crippen LogP contribution in [0.5, 0.6) is 5.75 Å². The molecule has 8 heteroatoms. The molecule has 7 nitrogen and oxygen atoms in total. The van der Waals surface area contributed by atoms with Gasteiger partial charge in [-0.1, -0.05) is 19.8 Å². The summed E-state index contributed by atoms with van der Waals surface area (Å²) in [6.45, 7) is 5.59. The molecule has 1 unspecified atom stereocenters. The van der Waals surface area contributed by atoms with E-state index in [-0.39, 0.29) is 34.3 Å². The summed E-state index contributed by atoms with van der Waals surface area (Å²) in [6, 6.07) is 7.05. The molecule has 3 aromatic rings. The van der Waals surface area contributed by atoms with Crippen LogP contribution in [0.1, 0.15) is 69.1 Å². The first-order valence-corrected chi connectivity index (χ1v) is 12.3. The van der Waals surface area contributed by atoms with Gasteiger partial charge in [0.2, 0.25) is 0 Å². The Kier molecular flexibility index (Phi) is 7.10. The number of nitrogens with zero attached hydrogens (tertiary/aromatic N) is 2. The van der Waals surface area contributed by atoms with Crippen LogP contribution in [0.4, 0.5) is 4.39 Å². The smallest absolute Gasteiger partial charge is 0.272 e. The Hall–Kier alpha value is -3.42. The van der Waals surface area contributed by atoms with Crippen LogP contribution >= 0.6 is 0 Å². The van der Waals surface area contributed by atoms with Gasteiger partial charge in [0.25, 0.3) is 11.5 Å². The molecule has 2 aromatic heterocycles. The first-order valence-electron chi connectivity index (χ1n) is 12.3. The lowest BCUT2D eigenvalue weighted by Gasteiger charge is -2.17. The molecule has 35 heavy (non-hydrogen) atoms. The van der Waals surface area contributed by atoms with Gasteiger partial charge in [0, 0.05) is 24.8 Å². The van der Waals surface area contributed by atoms with Gasteiger partial charge in [0.1, 0.15) is 11.2 Å². The minimum atomic E-state index is -0.544. The zero-order valence-corrected chi connectivity index (χ0v) is 20.7. The van der Waals surface area contributed by atoms with Crippen LogP contribution in [0.3, 0.4) is 0 Å². The van der Waals surface area contributed by atoms with E-state index in [1.54, 1.807) is 23.7 Å². The maximum absolute atomic E-state index is 13.9. The van der Waals surface area contributed by atoms with Crippen LogP contribution in [-0.4, -0.2) is 33.0 Å². The van der Waals surface area contributed by atoms with Crippen molar-refractivity contribution >= 4 is 22.6 Å². The fourth-order valence-electron chi connectivity index (χ4n) is 4.79. The second-order valence-corrected chi connectivity index (χ2v) is 9.36. The molecule has 0 bridgehead atoms. The number of ether oxygens (including phenoxy) is 1. The normalized spacial score (nSPS) is 16.5. The molecule has 0 aliphatic heterocycles. The van der Waals surface area contributed by atoms with Crippen LogP contribution in [-0.2, 0) is 18.3 Å². The Morgan fingerprint density at radius 1 is 1.17 bits per heavy atom. The predicted octanol–water partition coefficient (Wildman–Crippen LogP) is 4.45. The van der Waals surface area contributed by atoms with Gasteiger partial charge in [-0.15, -0.1) is 0 Å². The summed E-state index contributed by atoms with van der Waals surface area (Å²) in [5, 5.41) is 3.18. The number of halogens is 1. The Bertz CT molecular complexity index is 1320.